The Morgan fingerprint density at radius 3 is 2.56 bits per heavy atom. The average Bonchev–Trinajstić information content (AvgIpc) is 2.35. The molecule has 1 amide bonds. The van der Waals surface area contributed by atoms with E-state index in [0.717, 1.165) is 12.5 Å². The first-order valence-electron chi connectivity index (χ1n) is 7.68. The van der Waals surface area contributed by atoms with Crippen LogP contribution in [0, 0.1) is 11.8 Å². The largest absolute Gasteiger partial charge is 0.353 e. The summed E-state index contributed by atoms with van der Waals surface area (Å²) in [4.78, 5) is 12.1. The van der Waals surface area contributed by atoms with Gasteiger partial charge in [0.2, 0.25) is 5.91 Å². The Morgan fingerprint density at radius 2 is 1.89 bits per heavy atom. The van der Waals surface area contributed by atoms with Crippen LogP contribution in [0.3, 0.4) is 0 Å². The summed E-state index contributed by atoms with van der Waals surface area (Å²) in [5, 5.41) is 6.71. The van der Waals surface area contributed by atoms with Crippen molar-refractivity contribution in [1.82, 2.24) is 10.6 Å². The summed E-state index contributed by atoms with van der Waals surface area (Å²) < 4.78 is 0. The van der Waals surface area contributed by atoms with E-state index in [2.05, 4.69) is 24.5 Å². The molecule has 3 heteroatoms. The lowest BCUT2D eigenvalue weighted by Gasteiger charge is -2.31. The smallest absolute Gasteiger partial charge is 0.221 e. The first-order valence-corrected chi connectivity index (χ1v) is 7.68. The molecule has 18 heavy (non-hydrogen) atoms. The highest BCUT2D eigenvalue weighted by molar-refractivity contribution is 5.77. The second kappa shape index (κ2) is 6.55. The van der Waals surface area contributed by atoms with Gasteiger partial charge >= 0.3 is 0 Å². The van der Waals surface area contributed by atoms with Gasteiger partial charge in [-0.1, -0.05) is 13.8 Å². The van der Waals surface area contributed by atoms with Crippen LogP contribution in [0.5, 0.6) is 0 Å². The van der Waals surface area contributed by atoms with Crippen molar-refractivity contribution in [2.45, 2.75) is 70.9 Å². The molecule has 0 bridgehead atoms. The predicted octanol–water partition coefficient (Wildman–Crippen LogP) is 2.46. The van der Waals surface area contributed by atoms with Crippen molar-refractivity contribution < 1.29 is 4.79 Å². The molecule has 3 nitrogen and oxygen atoms in total. The van der Waals surface area contributed by atoms with Gasteiger partial charge in [-0.2, -0.15) is 0 Å². The lowest BCUT2D eigenvalue weighted by atomic mass is 9.87. The first kappa shape index (κ1) is 13.9. The number of nitrogens with one attached hydrogen (secondary N) is 2. The third-order valence-corrected chi connectivity index (χ3v) is 4.72. The summed E-state index contributed by atoms with van der Waals surface area (Å²) in [7, 11) is 0. The first-order chi connectivity index (χ1) is 8.65. The molecule has 1 heterocycles. The van der Waals surface area contributed by atoms with E-state index < -0.39 is 0 Å². The van der Waals surface area contributed by atoms with Crippen molar-refractivity contribution in [2.75, 3.05) is 6.54 Å². The van der Waals surface area contributed by atoms with Gasteiger partial charge in [-0.05, 0) is 56.9 Å². The van der Waals surface area contributed by atoms with E-state index in [4.69, 9.17) is 0 Å². The molecular weight excluding hydrogens is 224 g/mol. The van der Waals surface area contributed by atoms with Crippen molar-refractivity contribution >= 4 is 5.91 Å². The molecule has 0 aromatic heterocycles. The minimum atomic E-state index is 0.251. The number of carbonyl (C=O) groups is 1. The fraction of sp³-hybridized carbons (Fsp3) is 0.933. The van der Waals surface area contributed by atoms with Gasteiger partial charge in [0, 0.05) is 18.5 Å². The zero-order valence-electron chi connectivity index (χ0n) is 11.9. The Morgan fingerprint density at radius 1 is 1.17 bits per heavy atom. The number of hydrogen-bond donors (Lipinski definition) is 2. The van der Waals surface area contributed by atoms with Crippen LogP contribution >= 0.6 is 0 Å². The molecule has 0 spiro atoms. The van der Waals surface area contributed by atoms with Crippen molar-refractivity contribution in [3.8, 4) is 0 Å². The standard InChI is InChI=1S/C15H28N2O/c1-11-5-7-13(8-6-11)17-15(18)10-14-12(2)4-3-9-16-14/h11-14,16H,3-10H2,1-2H3,(H,17,18). The SMILES string of the molecule is CC1CCC(NC(=O)CC2NCCCC2C)CC1. The van der Waals surface area contributed by atoms with Crippen LogP contribution in [-0.4, -0.2) is 24.5 Å². The number of amides is 1. The van der Waals surface area contributed by atoms with Gasteiger partial charge in [0.25, 0.3) is 0 Å². The number of rotatable bonds is 3. The quantitative estimate of drug-likeness (QED) is 0.810. The molecule has 0 aromatic carbocycles. The maximum absolute atomic E-state index is 12.1. The van der Waals surface area contributed by atoms with Crippen LogP contribution < -0.4 is 10.6 Å². The number of piperidine rings is 1. The highest BCUT2D eigenvalue weighted by atomic mass is 16.1. The minimum Gasteiger partial charge on any atom is -0.353 e. The van der Waals surface area contributed by atoms with Crippen molar-refractivity contribution in [2.24, 2.45) is 11.8 Å². The summed E-state index contributed by atoms with van der Waals surface area (Å²) in [6.45, 7) is 5.64. The van der Waals surface area contributed by atoms with Crippen LogP contribution in [0.4, 0.5) is 0 Å². The number of carbonyl (C=O) groups excluding carboxylic acids is 1. The van der Waals surface area contributed by atoms with E-state index in [0.29, 0.717) is 24.4 Å². The molecule has 1 aliphatic carbocycles. The highest BCUT2D eigenvalue weighted by Gasteiger charge is 2.25. The molecule has 2 fully saturated rings. The average molecular weight is 252 g/mol. The van der Waals surface area contributed by atoms with Gasteiger partial charge in [0.15, 0.2) is 0 Å². The van der Waals surface area contributed by atoms with E-state index in [1.807, 2.05) is 0 Å². The van der Waals surface area contributed by atoms with Crippen LogP contribution in [0.1, 0.15) is 58.8 Å². The van der Waals surface area contributed by atoms with Gasteiger partial charge in [-0.3, -0.25) is 4.79 Å². The van der Waals surface area contributed by atoms with Crippen LogP contribution in [0.15, 0.2) is 0 Å². The second-order valence-corrected chi connectivity index (χ2v) is 6.41. The maximum atomic E-state index is 12.1. The van der Waals surface area contributed by atoms with Gasteiger partial charge in [-0.15, -0.1) is 0 Å². The molecule has 0 aromatic rings. The summed E-state index contributed by atoms with van der Waals surface area (Å²) in [6.07, 6.45) is 8.03. The van der Waals surface area contributed by atoms with E-state index in [9.17, 15) is 4.79 Å². The van der Waals surface area contributed by atoms with E-state index in [1.54, 1.807) is 0 Å². The monoisotopic (exact) mass is 252 g/mol. The van der Waals surface area contributed by atoms with Crippen molar-refractivity contribution in [3.63, 3.8) is 0 Å². The summed E-state index contributed by atoms with van der Waals surface area (Å²) in [6, 6.07) is 0.828. The normalized spacial score (nSPS) is 37.2. The molecular formula is C15H28N2O. The Balaban J connectivity index is 1.71. The third-order valence-electron chi connectivity index (χ3n) is 4.72. The summed E-state index contributed by atoms with van der Waals surface area (Å²) in [5.41, 5.74) is 0. The highest BCUT2D eigenvalue weighted by Crippen LogP contribution is 2.24. The molecule has 0 radical (unpaired) electrons. The van der Waals surface area contributed by atoms with Crippen LogP contribution in [0.2, 0.25) is 0 Å². The van der Waals surface area contributed by atoms with Gasteiger partial charge < -0.3 is 10.6 Å². The maximum Gasteiger partial charge on any atom is 0.221 e. The Labute approximate surface area is 111 Å². The molecule has 1 saturated carbocycles. The Hall–Kier alpha value is -0.570. The molecule has 2 unspecified atom stereocenters. The van der Waals surface area contributed by atoms with E-state index in [1.165, 1.54) is 38.5 Å². The third kappa shape index (κ3) is 3.98. The second-order valence-electron chi connectivity index (χ2n) is 6.41. The summed E-state index contributed by atoms with van der Waals surface area (Å²) >= 11 is 0. The lowest BCUT2D eigenvalue weighted by Crippen LogP contribution is -2.45. The minimum absolute atomic E-state index is 0.251. The molecule has 2 aliphatic rings. The Kier molecular flexibility index (Phi) is 5.04. The number of hydrogen-bond acceptors (Lipinski definition) is 2. The topological polar surface area (TPSA) is 41.1 Å². The van der Waals surface area contributed by atoms with E-state index in [-0.39, 0.29) is 5.91 Å². The zero-order valence-corrected chi connectivity index (χ0v) is 11.9. The van der Waals surface area contributed by atoms with E-state index >= 15 is 0 Å². The van der Waals surface area contributed by atoms with Crippen LogP contribution in [0.25, 0.3) is 0 Å². The van der Waals surface area contributed by atoms with Crippen molar-refractivity contribution in [1.29, 1.82) is 0 Å². The predicted molar refractivity (Wildman–Crippen MR) is 74.4 cm³/mol. The zero-order chi connectivity index (χ0) is 13.0. The lowest BCUT2D eigenvalue weighted by molar-refractivity contribution is -0.123. The fourth-order valence-corrected chi connectivity index (χ4v) is 3.28. The van der Waals surface area contributed by atoms with Gasteiger partial charge in [0.05, 0.1) is 0 Å². The molecule has 2 rings (SSSR count). The molecule has 1 aliphatic heterocycles. The molecule has 1 saturated heterocycles. The van der Waals surface area contributed by atoms with Gasteiger partial charge in [-0.25, -0.2) is 0 Å². The van der Waals surface area contributed by atoms with Gasteiger partial charge in [0.1, 0.15) is 0 Å². The molecule has 2 atom stereocenters. The molecule has 104 valence electrons. The fourth-order valence-electron chi connectivity index (χ4n) is 3.28. The Bertz CT molecular complexity index is 272. The molecule has 2 N–H and O–H groups in total. The summed E-state index contributed by atoms with van der Waals surface area (Å²) in [5.74, 6) is 1.73. The van der Waals surface area contributed by atoms with Crippen LogP contribution in [-0.2, 0) is 4.79 Å². The van der Waals surface area contributed by atoms with Crippen molar-refractivity contribution in [3.05, 3.63) is 0 Å².